The van der Waals surface area contributed by atoms with E-state index in [1.807, 2.05) is 0 Å². The van der Waals surface area contributed by atoms with Crippen LogP contribution in [0, 0.1) is 0 Å². The molecule has 5 nitrogen and oxygen atoms in total. The van der Waals surface area contributed by atoms with Gasteiger partial charge in [-0.25, -0.2) is 5.48 Å². The van der Waals surface area contributed by atoms with Gasteiger partial charge >= 0.3 is 0 Å². The zero-order valence-corrected chi connectivity index (χ0v) is 11.8. The molecule has 1 heterocycles. The van der Waals surface area contributed by atoms with Crippen molar-refractivity contribution in [1.82, 2.24) is 10.4 Å². The van der Waals surface area contributed by atoms with Crippen LogP contribution in [0.2, 0.25) is 0 Å². The molecule has 1 aliphatic heterocycles. The second-order valence-electron chi connectivity index (χ2n) is 5.25. The number of benzene rings is 1. The van der Waals surface area contributed by atoms with E-state index < -0.39 is 0 Å². The lowest BCUT2D eigenvalue weighted by atomic mass is 10.1. The topological polar surface area (TPSA) is 65.0 Å². The van der Waals surface area contributed by atoms with Crippen molar-refractivity contribution in [3.63, 3.8) is 0 Å². The molecule has 112 valence electrons. The van der Waals surface area contributed by atoms with E-state index in [2.05, 4.69) is 10.4 Å². The molecule has 0 amide bonds. The van der Waals surface area contributed by atoms with Gasteiger partial charge < -0.3 is 15.1 Å². The Labute approximate surface area is 120 Å². The van der Waals surface area contributed by atoms with Crippen LogP contribution in [0.4, 0.5) is 0 Å². The van der Waals surface area contributed by atoms with E-state index >= 15 is 0 Å². The minimum atomic E-state index is 0.0557. The quantitative estimate of drug-likeness (QED) is 0.526. The Balaban J connectivity index is 1.55. The minimum absolute atomic E-state index is 0.0557. The average molecular weight is 280 g/mol. The van der Waals surface area contributed by atoms with Gasteiger partial charge in [0.2, 0.25) is 0 Å². The number of piperidine rings is 1. The molecular formula is C15H24N2O3. The number of nitrogens with one attached hydrogen (secondary N) is 1. The highest BCUT2D eigenvalue weighted by atomic mass is 16.6. The van der Waals surface area contributed by atoms with Crippen molar-refractivity contribution in [3.8, 4) is 11.5 Å². The van der Waals surface area contributed by atoms with E-state index in [0.29, 0.717) is 5.56 Å². The summed E-state index contributed by atoms with van der Waals surface area (Å²) in [6.07, 6.45) is 5.07. The van der Waals surface area contributed by atoms with Crippen LogP contribution in [-0.2, 0) is 11.4 Å². The van der Waals surface area contributed by atoms with E-state index in [1.165, 1.54) is 44.5 Å². The van der Waals surface area contributed by atoms with Crippen molar-refractivity contribution in [3.05, 3.63) is 23.8 Å². The van der Waals surface area contributed by atoms with Crippen molar-refractivity contribution in [2.45, 2.75) is 32.3 Å². The van der Waals surface area contributed by atoms with Crippen LogP contribution < -0.4 is 5.48 Å². The molecule has 0 unspecified atom stereocenters. The lowest BCUT2D eigenvalue weighted by Crippen LogP contribution is -2.32. The molecule has 0 saturated carbocycles. The Bertz CT molecular complexity index is 406. The molecule has 1 fully saturated rings. The Morgan fingerprint density at radius 2 is 1.95 bits per heavy atom. The van der Waals surface area contributed by atoms with Gasteiger partial charge in [0, 0.05) is 18.2 Å². The van der Waals surface area contributed by atoms with Gasteiger partial charge in [-0.15, -0.1) is 0 Å². The zero-order chi connectivity index (χ0) is 14.2. The van der Waals surface area contributed by atoms with Gasteiger partial charge in [-0.1, -0.05) is 6.42 Å². The maximum atomic E-state index is 9.59. The van der Waals surface area contributed by atoms with Crippen LogP contribution in [0.5, 0.6) is 11.5 Å². The molecule has 0 aromatic heterocycles. The molecule has 2 rings (SSSR count). The molecule has 1 aromatic rings. The van der Waals surface area contributed by atoms with Crippen molar-refractivity contribution >= 4 is 0 Å². The SMILES string of the molecule is Oc1ccc(CONCCCN2CCCCC2)c(O)c1. The van der Waals surface area contributed by atoms with E-state index in [9.17, 15) is 10.2 Å². The first kappa shape index (κ1) is 15.1. The molecule has 5 heteroatoms. The summed E-state index contributed by atoms with van der Waals surface area (Å²) in [5.41, 5.74) is 3.57. The highest BCUT2D eigenvalue weighted by molar-refractivity contribution is 5.38. The molecule has 1 aliphatic rings. The summed E-state index contributed by atoms with van der Waals surface area (Å²) in [5.74, 6) is 0.112. The molecule has 0 aliphatic carbocycles. The summed E-state index contributed by atoms with van der Waals surface area (Å²) in [7, 11) is 0. The molecule has 0 bridgehead atoms. The summed E-state index contributed by atoms with van der Waals surface area (Å²) < 4.78 is 0. The van der Waals surface area contributed by atoms with Crippen LogP contribution in [0.1, 0.15) is 31.2 Å². The smallest absolute Gasteiger partial charge is 0.124 e. The van der Waals surface area contributed by atoms with Crippen LogP contribution in [0.3, 0.4) is 0 Å². The first-order valence-corrected chi connectivity index (χ1v) is 7.33. The number of phenolic OH excluding ortho intramolecular Hbond substituents is 2. The maximum Gasteiger partial charge on any atom is 0.124 e. The second kappa shape index (κ2) is 8.09. The van der Waals surface area contributed by atoms with Gasteiger partial charge in [-0.2, -0.15) is 0 Å². The first-order valence-electron chi connectivity index (χ1n) is 7.33. The monoisotopic (exact) mass is 280 g/mol. The highest BCUT2D eigenvalue weighted by Gasteiger charge is 2.08. The highest BCUT2D eigenvalue weighted by Crippen LogP contribution is 2.22. The largest absolute Gasteiger partial charge is 0.508 e. The molecule has 0 radical (unpaired) electrons. The molecular weight excluding hydrogens is 256 g/mol. The second-order valence-corrected chi connectivity index (χ2v) is 5.25. The predicted molar refractivity (Wildman–Crippen MR) is 77.5 cm³/mol. The number of rotatable bonds is 7. The summed E-state index contributed by atoms with van der Waals surface area (Å²) in [5, 5.41) is 18.8. The van der Waals surface area contributed by atoms with E-state index in [0.717, 1.165) is 19.5 Å². The Morgan fingerprint density at radius 3 is 2.70 bits per heavy atom. The van der Waals surface area contributed by atoms with E-state index in [1.54, 1.807) is 6.07 Å². The van der Waals surface area contributed by atoms with Gasteiger partial charge in [-0.05, 0) is 51.0 Å². The minimum Gasteiger partial charge on any atom is -0.508 e. The standard InChI is InChI=1S/C15H24N2O3/c18-14-6-5-13(15(19)11-14)12-20-16-7-4-10-17-8-2-1-3-9-17/h5-6,11,16,18-19H,1-4,7-10,12H2. The summed E-state index contributed by atoms with van der Waals surface area (Å²) >= 11 is 0. The number of phenols is 2. The van der Waals surface area contributed by atoms with Crippen LogP contribution in [0.15, 0.2) is 18.2 Å². The molecule has 0 atom stereocenters. The predicted octanol–water partition coefficient (Wildman–Crippen LogP) is 2.00. The fraction of sp³-hybridized carbons (Fsp3) is 0.600. The first-order chi connectivity index (χ1) is 9.75. The third-order valence-electron chi connectivity index (χ3n) is 3.60. The number of hydrogen-bond donors (Lipinski definition) is 3. The van der Waals surface area contributed by atoms with Crippen molar-refractivity contribution in [2.24, 2.45) is 0 Å². The Hall–Kier alpha value is -1.30. The summed E-state index contributed by atoms with van der Waals surface area (Å²) in [4.78, 5) is 7.82. The number of hydroxylamine groups is 1. The van der Waals surface area contributed by atoms with Gasteiger partial charge in [0.05, 0.1) is 6.61 Å². The van der Waals surface area contributed by atoms with E-state index in [4.69, 9.17) is 4.84 Å². The molecule has 3 N–H and O–H groups in total. The summed E-state index contributed by atoms with van der Waals surface area (Å²) in [6.45, 7) is 4.65. The molecule has 0 spiro atoms. The zero-order valence-electron chi connectivity index (χ0n) is 11.8. The number of likely N-dealkylation sites (tertiary alicyclic amines) is 1. The fourth-order valence-corrected chi connectivity index (χ4v) is 2.43. The molecule has 20 heavy (non-hydrogen) atoms. The third-order valence-corrected chi connectivity index (χ3v) is 3.60. The van der Waals surface area contributed by atoms with Gasteiger partial charge in [0.25, 0.3) is 0 Å². The number of aromatic hydroxyl groups is 2. The van der Waals surface area contributed by atoms with E-state index in [-0.39, 0.29) is 18.1 Å². The lowest BCUT2D eigenvalue weighted by molar-refractivity contribution is 0.0248. The van der Waals surface area contributed by atoms with Crippen LogP contribution in [-0.4, -0.2) is 41.3 Å². The van der Waals surface area contributed by atoms with Gasteiger partial charge in [0.1, 0.15) is 11.5 Å². The molecule has 1 aromatic carbocycles. The molecule has 1 saturated heterocycles. The van der Waals surface area contributed by atoms with Crippen molar-refractivity contribution < 1.29 is 15.1 Å². The Kier molecular flexibility index (Phi) is 6.11. The number of hydrogen-bond acceptors (Lipinski definition) is 5. The van der Waals surface area contributed by atoms with Crippen LogP contribution >= 0.6 is 0 Å². The third kappa shape index (κ3) is 5.00. The van der Waals surface area contributed by atoms with Gasteiger partial charge in [-0.3, -0.25) is 4.84 Å². The summed E-state index contributed by atoms with van der Waals surface area (Å²) in [6, 6.07) is 4.50. The number of nitrogens with zero attached hydrogens (tertiary/aromatic N) is 1. The lowest BCUT2D eigenvalue weighted by Gasteiger charge is -2.26. The normalized spacial score (nSPS) is 16.4. The van der Waals surface area contributed by atoms with Crippen molar-refractivity contribution in [1.29, 1.82) is 0 Å². The fourth-order valence-electron chi connectivity index (χ4n) is 2.43. The maximum absolute atomic E-state index is 9.59. The average Bonchev–Trinajstić information content (AvgIpc) is 2.46. The van der Waals surface area contributed by atoms with Gasteiger partial charge in [0.15, 0.2) is 0 Å². The van der Waals surface area contributed by atoms with Crippen LogP contribution in [0.25, 0.3) is 0 Å². The van der Waals surface area contributed by atoms with Crippen molar-refractivity contribution in [2.75, 3.05) is 26.2 Å². The Morgan fingerprint density at radius 1 is 1.15 bits per heavy atom.